The van der Waals surface area contributed by atoms with Crippen LogP contribution in [0.3, 0.4) is 0 Å². The lowest BCUT2D eigenvalue weighted by atomic mass is 10.1. The van der Waals surface area contributed by atoms with Gasteiger partial charge in [-0.15, -0.1) is 0 Å². The molecule has 3 N–H and O–H groups in total. The molecule has 3 rings (SSSR count). The Kier molecular flexibility index (Phi) is 6.80. The second-order valence-corrected chi connectivity index (χ2v) is 8.22. The van der Waals surface area contributed by atoms with Gasteiger partial charge in [-0.3, -0.25) is 0 Å². The van der Waals surface area contributed by atoms with E-state index in [9.17, 15) is 8.42 Å². The molecule has 1 aromatic heterocycles. The highest BCUT2D eigenvalue weighted by Gasteiger charge is 2.15. The second kappa shape index (κ2) is 9.50. The summed E-state index contributed by atoms with van der Waals surface area (Å²) in [5.74, 6) is 0.543. The van der Waals surface area contributed by atoms with Gasteiger partial charge in [0.2, 0.25) is 10.0 Å². The lowest BCUT2D eigenvalue weighted by Gasteiger charge is -2.12. The van der Waals surface area contributed by atoms with Crippen LogP contribution < -0.4 is 15.4 Å². The molecule has 0 aliphatic rings. The zero-order valence-electron chi connectivity index (χ0n) is 15.1. The van der Waals surface area contributed by atoms with Crippen LogP contribution in [-0.4, -0.2) is 20.1 Å². The average Bonchev–Trinajstić information content (AvgIpc) is 3.21. The molecule has 8 heteroatoms. The molecule has 0 saturated heterocycles. The summed E-state index contributed by atoms with van der Waals surface area (Å²) in [6.07, 6.45) is 2.34. The molecule has 6 nitrogen and oxygen atoms in total. The third-order valence-corrected chi connectivity index (χ3v) is 5.61. The summed E-state index contributed by atoms with van der Waals surface area (Å²) >= 11 is 5.29. The van der Waals surface area contributed by atoms with Crippen LogP contribution in [-0.2, 0) is 23.0 Å². The Morgan fingerprint density at radius 1 is 1.00 bits per heavy atom. The van der Waals surface area contributed by atoms with Crippen molar-refractivity contribution in [3.05, 3.63) is 84.3 Å². The molecular weight excluding hydrogens is 394 g/mol. The fourth-order valence-electron chi connectivity index (χ4n) is 2.54. The highest BCUT2D eigenvalue weighted by atomic mass is 32.2. The van der Waals surface area contributed by atoms with Gasteiger partial charge in [-0.2, -0.15) is 0 Å². The minimum Gasteiger partial charge on any atom is -0.468 e. The number of hydrogen-bond acceptors (Lipinski definition) is 4. The van der Waals surface area contributed by atoms with Crippen molar-refractivity contribution in [3.8, 4) is 0 Å². The van der Waals surface area contributed by atoms with Gasteiger partial charge in [0.1, 0.15) is 5.76 Å². The van der Waals surface area contributed by atoms with Crippen molar-refractivity contribution in [1.29, 1.82) is 0 Å². The fraction of sp³-hybridized carbons (Fsp3) is 0.150. The van der Waals surface area contributed by atoms with Crippen molar-refractivity contribution in [2.45, 2.75) is 17.9 Å². The molecular formula is C20H21N3O3S2. The monoisotopic (exact) mass is 415 g/mol. The van der Waals surface area contributed by atoms with Gasteiger partial charge in [0.05, 0.1) is 17.7 Å². The van der Waals surface area contributed by atoms with E-state index < -0.39 is 10.0 Å². The zero-order valence-corrected chi connectivity index (χ0v) is 16.7. The molecule has 0 saturated carbocycles. The summed E-state index contributed by atoms with van der Waals surface area (Å²) in [5, 5.41) is 6.58. The van der Waals surface area contributed by atoms with Crippen LogP contribution in [0.25, 0.3) is 0 Å². The first-order valence-corrected chi connectivity index (χ1v) is 10.6. The van der Waals surface area contributed by atoms with Crippen LogP contribution in [0.4, 0.5) is 5.69 Å². The standard InChI is InChI=1S/C20H21N3O3S2/c24-28(25,22-15-18-9-5-13-26-18)19-10-4-8-17(14-19)23-20(27)21-12-11-16-6-2-1-3-7-16/h1-10,13-14,22H,11-12,15H2,(H2,21,23,27). The fourth-order valence-corrected chi connectivity index (χ4v) is 3.80. The average molecular weight is 416 g/mol. The smallest absolute Gasteiger partial charge is 0.241 e. The maximum absolute atomic E-state index is 12.5. The van der Waals surface area contributed by atoms with Crippen molar-refractivity contribution in [3.63, 3.8) is 0 Å². The summed E-state index contributed by atoms with van der Waals surface area (Å²) in [4.78, 5) is 0.149. The minimum atomic E-state index is -3.66. The number of sulfonamides is 1. The Labute approximate surface area is 170 Å². The number of nitrogens with one attached hydrogen (secondary N) is 3. The molecule has 28 heavy (non-hydrogen) atoms. The van der Waals surface area contributed by atoms with Gasteiger partial charge in [0.15, 0.2) is 5.11 Å². The van der Waals surface area contributed by atoms with Crippen molar-refractivity contribution in [2.24, 2.45) is 0 Å². The lowest BCUT2D eigenvalue weighted by molar-refractivity contribution is 0.498. The quantitative estimate of drug-likeness (QED) is 0.490. The molecule has 0 aliphatic heterocycles. The molecule has 1 heterocycles. The van der Waals surface area contributed by atoms with Crippen LogP contribution in [0.15, 0.2) is 82.3 Å². The van der Waals surface area contributed by atoms with E-state index in [1.165, 1.54) is 24.0 Å². The number of furan rings is 1. The van der Waals surface area contributed by atoms with E-state index in [1.54, 1.807) is 24.3 Å². The van der Waals surface area contributed by atoms with E-state index in [1.807, 2.05) is 18.2 Å². The predicted molar refractivity (Wildman–Crippen MR) is 114 cm³/mol. The lowest BCUT2D eigenvalue weighted by Crippen LogP contribution is -2.30. The molecule has 0 radical (unpaired) electrons. The Morgan fingerprint density at radius 2 is 1.82 bits per heavy atom. The molecule has 0 unspecified atom stereocenters. The number of thiocarbonyl (C=S) groups is 1. The first-order valence-electron chi connectivity index (χ1n) is 8.74. The van der Waals surface area contributed by atoms with Crippen LogP contribution in [0.5, 0.6) is 0 Å². The largest absolute Gasteiger partial charge is 0.468 e. The Hall–Kier alpha value is -2.68. The van der Waals surface area contributed by atoms with Crippen molar-refractivity contribution in [2.75, 3.05) is 11.9 Å². The Balaban J connectivity index is 1.54. The molecule has 0 fully saturated rings. The Morgan fingerprint density at radius 3 is 2.57 bits per heavy atom. The van der Waals surface area contributed by atoms with Crippen molar-refractivity contribution < 1.29 is 12.8 Å². The molecule has 0 aliphatic carbocycles. The van der Waals surface area contributed by atoms with Gasteiger partial charge in [-0.05, 0) is 54.5 Å². The van der Waals surface area contributed by atoms with Gasteiger partial charge in [0.25, 0.3) is 0 Å². The molecule has 0 amide bonds. The van der Waals surface area contributed by atoms with Crippen LogP contribution >= 0.6 is 12.2 Å². The van der Waals surface area contributed by atoms with E-state index in [0.29, 0.717) is 23.1 Å². The highest BCUT2D eigenvalue weighted by Crippen LogP contribution is 2.16. The van der Waals surface area contributed by atoms with Crippen molar-refractivity contribution in [1.82, 2.24) is 10.0 Å². The molecule has 0 atom stereocenters. The summed E-state index contributed by atoms with van der Waals surface area (Å²) < 4.78 is 32.6. The third kappa shape index (κ3) is 5.91. The van der Waals surface area contributed by atoms with E-state index in [-0.39, 0.29) is 11.4 Å². The molecule has 146 valence electrons. The summed E-state index contributed by atoms with van der Waals surface area (Å²) in [6, 6.07) is 20.0. The van der Waals surface area contributed by atoms with E-state index >= 15 is 0 Å². The highest BCUT2D eigenvalue weighted by molar-refractivity contribution is 7.89. The van der Waals surface area contributed by atoms with Crippen LogP contribution in [0.2, 0.25) is 0 Å². The Bertz CT molecular complexity index is 1000. The number of hydrogen-bond donors (Lipinski definition) is 3. The van der Waals surface area contributed by atoms with Gasteiger partial charge in [0, 0.05) is 12.2 Å². The predicted octanol–water partition coefficient (Wildman–Crippen LogP) is 3.29. The first kappa shape index (κ1) is 20.1. The van der Waals surface area contributed by atoms with Crippen molar-refractivity contribution >= 4 is 33.0 Å². The van der Waals surface area contributed by atoms with Crippen LogP contribution in [0, 0.1) is 0 Å². The summed E-state index contributed by atoms with van der Waals surface area (Å²) in [5.41, 5.74) is 1.81. The minimum absolute atomic E-state index is 0.0897. The number of rotatable bonds is 8. The first-order chi connectivity index (χ1) is 13.5. The normalized spacial score (nSPS) is 11.1. The number of benzene rings is 2. The number of anilines is 1. The zero-order chi connectivity index (χ0) is 19.8. The van der Waals surface area contributed by atoms with Gasteiger partial charge in [-0.25, -0.2) is 13.1 Å². The second-order valence-electron chi connectivity index (χ2n) is 6.05. The third-order valence-electron chi connectivity index (χ3n) is 3.96. The van der Waals surface area contributed by atoms with E-state index in [2.05, 4.69) is 27.5 Å². The summed E-state index contributed by atoms with van der Waals surface area (Å²) in [6.45, 7) is 0.769. The summed E-state index contributed by atoms with van der Waals surface area (Å²) in [7, 11) is -3.66. The van der Waals surface area contributed by atoms with Gasteiger partial charge >= 0.3 is 0 Å². The topological polar surface area (TPSA) is 83.4 Å². The van der Waals surface area contributed by atoms with Gasteiger partial charge < -0.3 is 15.1 Å². The maximum atomic E-state index is 12.5. The van der Waals surface area contributed by atoms with E-state index in [4.69, 9.17) is 16.6 Å². The molecule has 0 spiro atoms. The maximum Gasteiger partial charge on any atom is 0.241 e. The SMILES string of the molecule is O=S(=O)(NCc1ccco1)c1cccc(NC(=S)NCCc2ccccc2)c1. The molecule has 0 bridgehead atoms. The van der Waals surface area contributed by atoms with Crippen LogP contribution in [0.1, 0.15) is 11.3 Å². The van der Waals surface area contributed by atoms with E-state index in [0.717, 1.165) is 6.42 Å². The van der Waals surface area contributed by atoms with Gasteiger partial charge in [-0.1, -0.05) is 36.4 Å². The molecule has 2 aromatic carbocycles. The molecule has 3 aromatic rings.